The van der Waals surface area contributed by atoms with Crippen molar-refractivity contribution in [2.75, 3.05) is 22.9 Å². The van der Waals surface area contributed by atoms with Gasteiger partial charge < -0.3 is 19.7 Å². The van der Waals surface area contributed by atoms with Crippen molar-refractivity contribution < 1.29 is 0 Å². The normalized spacial score (nSPS) is 19.6. The van der Waals surface area contributed by atoms with Crippen LogP contribution in [0.2, 0.25) is 5.02 Å². The lowest BCUT2D eigenvalue weighted by atomic mass is 9.96. The minimum atomic E-state index is -0.113. The summed E-state index contributed by atoms with van der Waals surface area (Å²) < 4.78 is 2.38. The maximum atomic E-state index is 7.00. The van der Waals surface area contributed by atoms with E-state index in [-0.39, 0.29) is 12.1 Å². The van der Waals surface area contributed by atoms with Gasteiger partial charge in [-0.15, -0.1) is 0 Å². The molecular formula is C34H38ClN5S. The highest BCUT2D eigenvalue weighted by atomic mass is 35.5. The minimum absolute atomic E-state index is 0.0970. The molecule has 2 saturated heterocycles. The van der Waals surface area contributed by atoms with Crippen LogP contribution in [0.25, 0.3) is 5.69 Å². The molecule has 2 fully saturated rings. The second kappa shape index (κ2) is 11.1. The quantitative estimate of drug-likeness (QED) is 0.240. The van der Waals surface area contributed by atoms with Crippen LogP contribution in [0.3, 0.4) is 0 Å². The number of nitrogens with zero attached hydrogens (tertiary/aromatic N) is 4. The average molecular weight is 584 g/mol. The first kappa shape index (κ1) is 27.8. The first-order valence-corrected chi connectivity index (χ1v) is 15.3. The number of hydrogen-bond donors (Lipinski definition) is 1. The number of benzene rings is 2. The van der Waals surface area contributed by atoms with Gasteiger partial charge in [0, 0.05) is 42.0 Å². The fourth-order valence-electron chi connectivity index (χ4n) is 6.52. The largest absolute Gasteiger partial charge is 0.370 e. The van der Waals surface area contributed by atoms with Gasteiger partial charge in [-0.2, -0.15) is 0 Å². The highest BCUT2D eigenvalue weighted by Gasteiger charge is 2.42. The Bertz CT molecular complexity index is 1590. The van der Waals surface area contributed by atoms with Crippen LogP contribution in [-0.4, -0.2) is 27.8 Å². The van der Waals surface area contributed by atoms with Gasteiger partial charge in [-0.3, -0.25) is 4.98 Å². The molecule has 4 heterocycles. The first-order valence-electron chi connectivity index (χ1n) is 14.5. The molecule has 2 aromatic heterocycles. The fourth-order valence-corrected chi connectivity index (χ4v) is 7.16. The molecule has 4 aromatic rings. The molecule has 2 aliphatic rings. The predicted molar refractivity (Wildman–Crippen MR) is 175 cm³/mol. The minimum Gasteiger partial charge on any atom is -0.370 e. The summed E-state index contributed by atoms with van der Waals surface area (Å²) in [6, 6.07) is 21.2. The Kier molecular flexibility index (Phi) is 7.56. The first-order chi connectivity index (χ1) is 19.7. The Labute approximate surface area is 254 Å². The second-order valence-electron chi connectivity index (χ2n) is 11.8. The number of aromatic nitrogens is 2. The van der Waals surface area contributed by atoms with Crippen molar-refractivity contribution >= 4 is 40.3 Å². The molecule has 6 rings (SSSR count). The monoisotopic (exact) mass is 583 g/mol. The molecule has 1 N–H and O–H groups in total. The highest BCUT2D eigenvalue weighted by Crippen LogP contribution is 2.45. The van der Waals surface area contributed by atoms with E-state index in [2.05, 4.69) is 103 Å². The molecule has 41 heavy (non-hydrogen) atoms. The van der Waals surface area contributed by atoms with Crippen molar-refractivity contribution in [2.24, 2.45) is 5.92 Å². The molecule has 0 bridgehead atoms. The molecule has 0 radical (unpaired) electrons. The maximum absolute atomic E-state index is 7.00. The molecule has 0 spiro atoms. The summed E-state index contributed by atoms with van der Waals surface area (Å²) in [5, 5.41) is 5.06. The van der Waals surface area contributed by atoms with Crippen LogP contribution >= 0.6 is 23.8 Å². The fraction of sp³-hybridized carbons (Fsp3) is 0.353. The van der Waals surface area contributed by atoms with E-state index in [9.17, 15) is 0 Å². The van der Waals surface area contributed by atoms with E-state index < -0.39 is 0 Å². The summed E-state index contributed by atoms with van der Waals surface area (Å²) in [6.07, 6.45) is 4.24. The zero-order valence-electron chi connectivity index (χ0n) is 24.5. The SMILES string of the molecule is Cc1ccc(C)c(-n2c(C)cc([C@@H]3[C@@H](c4ccccn4)NC(=S)N3c3ccc(N4CCC(C)CC4)c(Cl)c3)c2C)c1. The highest BCUT2D eigenvalue weighted by molar-refractivity contribution is 7.80. The third kappa shape index (κ3) is 5.13. The maximum Gasteiger partial charge on any atom is 0.174 e. The predicted octanol–water partition coefficient (Wildman–Crippen LogP) is 8.17. The number of thiocarbonyl (C=S) groups is 1. The van der Waals surface area contributed by atoms with Gasteiger partial charge in [-0.05, 0) is 118 Å². The molecule has 0 saturated carbocycles. The molecule has 2 atom stereocenters. The third-order valence-corrected chi connectivity index (χ3v) is 9.44. The number of hydrogen-bond acceptors (Lipinski definition) is 3. The Hall–Kier alpha value is -3.35. The van der Waals surface area contributed by atoms with Crippen molar-refractivity contribution in [2.45, 2.75) is 59.5 Å². The van der Waals surface area contributed by atoms with Crippen LogP contribution in [0.5, 0.6) is 0 Å². The van der Waals surface area contributed by atoms with Gasteiger partial charge in [-0.1, -0.05) is 36.7 Å². The summed E-state index contributed by atoms with van der Waals surface area (Å²) in [5.74, 6) is 0.768. The molecule has 0 unspecified atom stereocenters. The van der Waals surface area contributed by atoms with Gasteiger partial charge in [0.25, 0.3) is 0 Å². The topological polar surface area (TPSA) is 36.3 Å². The zero-order valence-corrected chi connectivity index (χ0v) is 26.1. The number of nitrogens with one attached hydrogen (secondary N) is 1. The lowest BCUT2D eigenvalue weighted by Gasteiger charge is -2.33. The Morgan fingerprint density at radius 1 is 0.927 bits per heavy atom. The van der Waals surface area contributed by atoms with Crippen LogP contribution in [0.1, 0.15) is 65.6 Å². The number of halogens is 1. The van der Waals surface area contributed by atoms with Crippen molar-refractivity contribution in [1.29, 1.82) is 0 Å². The lowest BCUT2D eigenvalue weighted by Crippen LogP contribution is -2.33. The van der Waals surface area contributed by atoms with Crippen molar-refractivity contribution in [3.8, 4) is 5.69 Å². The van der Waals surface area contributed by atoms with E-state index >= 15 is 0 Å². The Morgan fingerprint density at radius 2 is 1.71 bits per heavy atom. The van der Waals surface area contributed by atoms with Crippen molar-refractivity contribution in [3.05, 3.63) is 106 Å². The van der Waals surface area contributed by atoms with E-state index in [1.807, 2.05) is 18.3 Å². The second-order valence-corrected chi connectivity index (χ2v) is 12.5. The summed E-state index contributed by atoms with van der Waals surface area (Å²) in [4.78, 5) is 9.40. The van der Waals surface area contributed by atoms with Crippen LogP contribution in [0.15, 0.2) is 66.9 Å². The van der Waals surface area contributed by atoms with Gasteiger partial charge >= 0.3 is 0 Å². The number of piperidine rings is 1. The molecular weight excluding hydrogens is 546 g/mol. The molecule has 212 valence electrons. The van der Waals surface area contributed by atoms with E-state index in [1.54, 1.807) is 0 Å². The molecule has 2 aromatic carbocycles. The van der Waals surface area contributed by atoms with Gasteiger partial charge in [0.2, 0.25) is 0 Å². The Morgan fingerprint density at radius 3 is 2.41 bits per heavy atom. The number of aryl methyl sites for hydroxylation is 3. The van der Waals surface area contributed by atoms with Crippen LogP contribution in [-0.2, 0) is 0 Å². The molecule has 5 nitrogen and oxygen atoms in total. The van der Waals surface area contributed by atoms with Gasteiger partial charge in [0.05, 0.1) is 28.5 Å². The molecule has 7 heteroatoms. The number of anilines is 2. The zero-order chi connectivity index (χ0) is 28.8. The Balaban J connectivity index is 1.45. The third-order valence-electron chi connectivity index (χ3n) is 8.83. The summed E-state index contributed by atoms with van der Waals surface area (Å²) in [7, 11) is 0. The number of rotatable bonds is 5. The number of pyridine rings is 1. The van der Waals surface area contributed by atoms with Crippen LogP contribution in [0, 0.1) is 33.6 Å². The van der Waals surface area contributed by atoms with E-state index in [0.717, 1.165) is 41.1 Å². The van der Waals surface area contributed by atoms with Crippen molar-refractivity contribution in [1.82, 2.24) is 14.9 Å². The van der Waals surface area contributed by atoms with Gasteiger partial charge in [0.15, 0.2) is 5.11 Å². The summed E-state index contributed by atoms with van der Waals surface area (Å²) in [5.41, 5.74) is 10.4. The lowest BCUT2D eigenvalue weighted by molar-refractivity contribution is 0.438. The van der Waals surface area contributed by atoms with Gasteiger partial charge in [-0.25, -0.2) is 0 Å². The van der Waals surface area contributed by atoms with Crippen molar-refractivity contribution in [3.63, 3.8) is 0 Å². The van der Waals surface area contributed by atoms with Crippen LogP contribution in [0.4, 0.5) is 11.4 Å². The summed E-state index contributed by atoms with van der Waals surface area (Å²) >= 11 is 13.0. The molecule has 2 aliphatic heterocycles. The van der Waals surface area contributed by atoms with Crippen LogP contribution < -0.4 is 15.1 Å². The van der Waals surface area contributed by atoms with Gasteiger partial charge in [0.1, 0.15) is 0 Å². The van der Waals surface area contributed by atoms with E-state index in [4.69, 9.17) is 28.8 Å². The average Bonchev–Trinajstić information content (AvgIpc) is 3.45. The summed E-state index contributed by atoms with van der Waals surface area (Å²) in [6.45, 7) is 13.1. The van der Waals surface area contributed by atoms with E-state index in [1.165, 1.54) is 46.6 Å². The standard InChI is InChI=1S/C34H38ClN5S/c1-21-13-16-38(17-14-21)30-12-11-26(20-28(30)35)40-33(32(37-34(40)41)29-8-6-7-15-36-29)27-19-24(4)39(25(27)5)31-18-22(2)9-10-23(31)3/h6-12,15,18-21,32-33H,13-14,16-17H2,1-5H3,(H,37,41)/t32-,33-/m1/s1. The molecule has 0 amide bonds. The van der Waals surface area contributed by atoms with E-state index in [0.29, 0.717) is 5.11 Å². The molecule has 0 aliphatic carbocycles. The smallest absolute Gasteiger partial charge is 0.174 e.